The van der Waals surface area contributed by atoms with Crippen molar-refractivity contribution in [3.63, 3.8) is 0 Å². The second-order valence-electron chi connectivity index (χ2n) is 4.82. The Balaban J connectivity index is 2.16. The van der Waals surface area contributed by atoms with Gasteiger partial charge in [-0.15, -0.1) is 11.3 Å². The Morgan fingerprint density at radius 3 is 2.74 bits per heavy atom. The van der Waals surface area contributed by atoms with Gasteiger partial charge in [0.25, 0.3) is 0 Å². The van der Waals surface area contributed by atoms with Gasteiger partial charge in [0, 0.05) is 6.04 Å². The second kappa shape index (κ2) is 7.22. The maximum Gasteiger partial charge on any atom is 0.0701 e. The molecule has 0 saturated heterocycles. The Bertz CT molecular complexity index is 521. The van der Waals surface area contributed by atoms with Gasteiger partial charge in [-0.05, 0) is 70.4 Å². The highest BCUT2D eigenvalue weighted by atomic mass is 79.9. The van der Waals surface area contributed by atoms with Crippen molar-refractivity contribution in [3.05, 3.63) is 56.2 Å². The van der Waals surface area contributed by atoms with Crippen LogP contribution in [-0.4, -0.2) is 6.54 Å². The molecule has 1 aromatic heterocycles. The van der Waals surface area contributed by atoms with Crippen LogP contribution < -0.4 is 5.32 Å². The summed E-state index contributed by atoms with van der Waals surface area (Å²) in [4.78, 5) is 0. The molecule has 1 unspecified atom stereocenters. The van der Waals surface area contributed by atoms with Crippen molar-refractivity contribution < 1.29 is 0 Å². The quantitative estimate of drug-likeness (QED) is 0.772. The van der Waals surface area contributed by atoms with Gasteiger partial charge in [-0.2, -0.15) is 0 Å². The average Bonchev–Trinajstić information content (AvgIpc) is 2.83. The van der Waals surface area contributed by atoms with E-state index in [1.807, 2.05) is 0 Å². The van der Waals surface area contributed by atoms with Crippen LogP contribution >= 0.6 is 27.3 Å². The lowest BCUT2D eigenvalue weighted by molar-refractivity contribution is 0.529. The fraction of sp³-hybridized carbons (Fsp3) is 0.375. The molecule has 1 atom stereocenters. The van der Waals surface area contributed by atoms with Gasteiger partial charge in [0.2, 0.25) is 0 Å². The molecule has 0 aliphatic heterocycles. The smallest absolute Gasteiger partial charge is 0.0701 e. The maximum absolute atomic E-state index is 3.66. The Hall–Kier alpha value is -0.640. The predicted octanol–water partition coefficient (Wildman–Crippen LogP) is 5.10. The normalized spacial score (nSPS) is 12.6. The molecule has 1 aromatic carbocycles. The molecule has 1 heterocycles. The van der Waals surface area contributed by atoms with Crippen molar-refractivity contribution in [1.29, 1.82) is 0 Å². The monoisotopic (exact) mass is 337 g/mol. The van der Waals surface area contributed by atoms with Crippen LogP contribution in [-0.2, 0) is 6.42 Å². The molecule has 0 bridgehead atoms. The van der Waals surface area contributed by atoms with Gasteiger partial charge in [0.15, 0.2) is 0 Å². The van der Waals surface area contributed by atoms with Crippen molar-refractivity contribution in [3.8, 4) is 0 Å². The summed E-state index contributed by atoms with van der Waals surface area (Å²) in [5.41, 5.74) is 4.19. The summed E-state index contributed by atoms with van der Waals surface area (Å²) in [7, 11) is 0. The first kappa shape index (κ1) is 14.8. The van der Waals surface area contributed by atoms with Crippen LogP contribution in [0.2, 0.25) is 0 Å². The van der Waals surface area contributed by atoms with Crippen LogP contribution in [0.5, 0.6) is 0 Å². The number of rotatable bonds is 6. The largest absolute Gasteiger partial charge is 0.310 e. The molecule has 0 spiro atoms. The molecule has 0 aliphatic carbocycles. The topological polar surface area (TPSA) is 12.0 Å². The molecule has 0 aliphatic rings. The van der Waals surface area contributed by atoms with E-state index in [0.29, 0.717) is 6.04 Å². The first-order chi connectivity index (χ1) is 9.20. The molecular weight excluding hydrogens is 318 g/mol. The summed E-state index contributed by atoms with van der Waals surface area (Å²) < 4.78 is 1.20. The van der Waals surface area contributed by atoms with Crippen molar-refractivity contribution >= 4 is 27.3 Å². The highest BCUT2D eigenvalue weighted by Crippen LogP contribution is 2.28. The van der Waals surface area contributed by atoms with Gasteiger partial charge >= 0.3 is 0 Å². The molecule has 0 fully saturated rings. The summed E-state index contributed by atoms with van der Waals surface area (Å²) in [5, 5.41) is 5.91. The van der Waals surface area contributed by atoms with Crippen LogP contribution in [0.4, 0.5) is 0 Å². The van der Waals surface area contributed by atoms with E-state index in [4.69, 9.17) is 0 Å². The third kappa shape index (κ3) is 4.16. The molecule has 2 aromatic rings. The summed E-state index contributed by atoms with van der Waals surface area (Å²) in [6.45, 7) is 5.46. The zero-order valence-corrected chi connectivity index (χ0v) is 13.9. The fourth-order valence-electron chi connectivity index (χ4n) is 2.19. The summed E-state index contributed by atoms with van der Waals surface area (Å²) in [6, 6.07) is 11.3. The fourth-order valence-corrected chi connectivity index (χ4v) is 3.42. The molecule has 0 amide bonds. The van der Waals surface area contributed by atoms with Crippen LogP contribution in [0, 0.1) is 6.92 Å². The molecule has 0 radical (unpaired) electrons. The van der Waals surface area contributed by atoms with Crippen LogP contribution in [0.3, 0.4) is 0 Å². The molecule has 2 rings (SSSR count). The van der Waals surface area contributed by atoms with E-state index in [2.05, 4.69) is 70.8 Å². The molecule has 1 nitrogen and oxygen atoms in total. The molecule has 1 N–H and O–H groups in total. The number of nitrogens with one attached hydrogen (secondary N) is 1. The van der Waals surface area contributed by atoms with Gasteiger partial charge < -0.3 is 5.32 Å². The molecule has 3 heteroatoms. The third-order valence-electron chi connectivity index (χ3n) is 3.32. The van der Waals surface area contributed by atoms with E-state index in [-0.39, 0.29) is 0 Å². The minimum Gasteiger partial charge on any atom is -0.310 e. The van der Waals surface area contributed by atoms with E-state index in [0.717, 1.165) is 19.4 Å². The van der Waals surface area contributed by atoms with E-state index in [1.165, 1.54) is 20.5 Å². The summed E-state index contributed by atoms with van der Waals surface area (Å²) in [6.07, 6.45) is 2.21. The van der Waals surface area contributed by atoms with Crippen molar-refractivity contribution in [2.45, 2.75) is 32.7 Å². The van der Waals surface area contributed by atoms with Gasteiger partial charge in [0.05, 0.1) is 3.79 Å². The molecule has 0 saturated carbocycles. The van der Waals surface area contributed by atoms with E-state index < -0.39 is 0 Å². The number of thiophene rings is 1. The van der Waals surface area contributed by atoms with Gasteiger partial charge in [-0.25, -0.2) is 0 Å². The van der Waals surface area contributed by atoms with E-state index >= 15 is 0 Å². The Morgan fingerprint density at radius 2 is 2.11 bits per heavy atom. The highest BCUT2D eigenvalue weighted by Gasteiger charge is 2.14. The minimum absolute atomic E-state index is 0.406. The number of hydrogen-bond donors (Lipinski definition) is 1. The van der Waals surface area contributed by atoms with Crippen molar-refractivity contribution in [2.75, 3.05) is 6.54 Å². The number of aryl methyl sites for hydroxylation is 1. The lowest BCUT2D eigenvalue weighted by atomic mass is 9.97. The van der Waals surface area contributed by atoms with Gasteiger partial charge in [-0.1, -0.05) is 31.2 Å². The molecule has 102 valence electrons. The highest BCUT2D eigenvalue weighted by molar-refractivity contribution is 9.11. The Morgan fingerprint density at radius 1 is 1.32 bits per heavy atom. The lowest BCUT2D eigenvalue weighted by Crippen LogP contribution is -2.23. The first-order valence-corrected chi connectivity index (χ1v) is 8.39. The van der Waals surface area contributed by atoms with Gasteiger partial charge in [-0.3, -0.25) is 0 Å². The van der Waals surface area contributed by atoms with Gasteiger partial charge in [0.1, 0.15) is 0 Å². The van der Waals surface area contributed by atoms with Crippen molar-refractivity contribution in [2.24, 2.45) is 0 Å². The standard InChI is InChI=1S/C16H20BrNS/c1-3-8-18-15(14-10-16(17)19-11-14)9-13-7-5-4-6-12(13)2/h4-7,10-11,15,18H,3,8-9H2,1-2H3. The minimum atomic E-state index is 0.406. The van der Waals surface area contributed by atoms with Crippen LogP contribution in [0.15, 0.2) is 39.5 Å². The zero-order chi connectivity index (χ0) is 13.7. The lowest BCUT2D eigenvalue weighted by Gasteiger charge is -2.18. The molecular formula is C16H20BrNS. The number of halogens is 1. The molecule has 19 heavy (non-hydrogen) atoms. The van der Waals surface area contributed by atoms with Crippen LogP contribution in [0.1, 0.15) is 36.1 Å². The third-order valence-corrected chi connectivity index (χ3v) is 4.84. The summed E-state index contributed by atoms with van der Waals surface area (Å²) in [5.74, 6) is 0. The average molecular weight is 338 g/mol. The Kier molecular flexibility index (Phi) is 5.61. The maximum atomic E-state index is 3.66. The number of hydrogen-bond acceptors (Lipinski definition) is 2. The number of benzene rings is 1. The first-order valence-electron chi connectivity index (χ1n) is 6.72. The predicted molar refractivity (Wildman–Crippen MR) is 87.9 cm³/mol. The van der Waals surface area contributed by atoms with Crippen LogP contribution in [0.25, 0.3) is 0 Å². The second-order valence-corrected chi connectivity index (χ2v) is 7.11. The Labute approximate surface area is 128 Å². The van der Waals surface area contributed by atoms with Crippen molar-refractivity contribution in [1.82, 2.24) is 5.32 Å². The zero-order valence-electron chi connectivity index (χ0n) is 11.4. The van der Waals surface area contributed by atoms with E-state index in [1.54, 1.807) is 11.3 Å². The SMILES string of the molecule is CCCNC(Cc1ccccc1C)c1csc(Br)c1. The summed E-state index contributed by atoms with van der Waals surface area (Å²) >= 11 is 5.32. The van der Waals surface area contributed by atoms with E-state index in [9.17, 15) is 0 Å².